The molecular formula is C7H17NS. The highest BCUT2D eigenvalue weighted by molar-refractivity contribution is 7.98. The molecule has 0 aromatic carbocycles. The number of rotatable bonds is 5. The van der Waals surface area contributed by atoms with Gasteiger partial charge in [-0.1, -0.05) is 6.92 Å². The second-order valence-electron chi connectivity index (χ2n) is 2.24. The van der Waals surface area contributed by atoms with Crippen molar-refractivity contribution in [3.05, 3.63) is 0 Å². The maximum absolute atomic E-state index is 2.34. The van der Waals surface area contributed by atoms with Crippen LogP contribution in [0.1, 0.15) is 13.3 Å². The Morgan fingerprint density at radius 3 is 2.56 bits per heavy atom. The Bertz CT molecular complexity index is 56.9. The van der Waals surface area contributed by atoms with Crippen LogP contribution in [-0.4, -0.2) is 37.0 Å². The first-order valence-electron chi connectivity index (χ1n) is 3.48. The Morgan fingerprint density at radius 2 is 2.11 bits per heavy atom. The molecule has 0 aromatic heterocycles. The van der Waals surface area contributed by atoms with E-state index < -0.39 is 0 Å². The first kappa shape index (κ1) is 9.31. The van der Waals surface area contributed by atoms with Gasteiger partial charge >= 0.3 is 0 Å². The second kappa shape index (κ2) is 6.43. The number of thioether (sulfide) groups is 1. The summed E-state index contributed by atoms with van der Waals surface area (Å²) in [7, 11) is 2.17. The minimum atomic E-state index is 1.17. The summed E-state index contributed by atoms with van der Waals surface area (Å²) in [4.78, 5) is 2.34. The molecule has 1 nitrogen and oxygen atoms in total. The monoisotopic (exact) mass is 147 g/mol. The number of hydrogen-bond acceptors (Lipinski definition) is 2. The van der Waals surface area contributed by atoms with E-state index in [4.69, 9.17) is 0 Å². The lowest BCUT2D eigenvalue weighted by Gasteiger charge is -2.11. The molecule has 0 rings (SSSR count). The van der Waals surface area contributed by atoms with E-state index in [0.717, 1.165) is 0 Å². The molecule has 56 valence electrons. The molecule has 0 unspecified atom stereocenters. The van der Waals surface area contributed by atoms with Crippen LogP contribution in [0.15, 0.2) is 0 Å². The summed E-state index contributed by atoms with van der Waals surface area (Å²) in [6.07, 6.45) is 3.48. The van der Waals surface area contributed by atoms with Gasteiger partial charge in [0.2, 0.25) is 0 Å². The lowest BCUT2D eigenvalue weighted by Crippen LogP contribution is -2.19. The molecule has 0 aliphatic heterocycles. The van der Waals surface area contributed by atoms with Gasteiger partial charge < -0.3 is 4.90 Å². The van der Waals surface area contributed by atoms with Crippen molar-refractivity contribution in [2.24, 2.45) is 0 Å². The van der Waals surface area contributed by atoms with Gasteiger partial charge in [0.05, 0.1) is 0 Å². The average molecular weight is 147 g/mol. The molecular weight excluding hydrogens is 130 g/mol. The van der Waals surface area contributed by atoms with Crippen LogP contribution in [0, 0.1) is 0 Å². The minimum absolute atomic E-state index is 1.17. The van der Waals surface area contributed by atoms with Crippen molar-refractivity contribution in [2.45, 2.75) is 13.3 Å². The average Bonchev–Trinajstić information content (AvgIpc) is 1.89. The molecule has 2 heteroatoms. The smallest absolute Gasteiger partial charge is 0.00140 e. The van der Waals surface area contributed by atoms with Gasteiger partial charge in [-0.2, -0.15) is 11.8 Å². The third-order valence-corrected chi connectivity index (χ3v) is 2.13. The van der Waals surface area contributed by atoms with Crippen LogP contribution < -0.4 is 0 Å². The van der Waals surface area contributed by atoms with Gasteiger partial charge in [-0.05, 0) is 38.6 Å². The van der Waals surface area contributed by atoms with Crippen molar-refractivity contribution < 1.29 is 0 Å². The predicted octanol–water partition coefficient (Wildman–Crippen LogP) is 1.69. The molecule has 9 heavy (non-hydrogen) atoms. The Kier molecular flexibility index (Phi) is 6.65. The molecule has 0 aliphatic rings. The summed E-state index contributed by atoms with van der Waals surface area (Å²) >= 11 is 1.93. The van der Waals surface area contributed by atoms with Crippen molar-refractivity contribution >= 4 is 11.8 Å². The topological polar surface area (TPSA) is 3.24 Å². The number of hydrogen-bond donors (Lipinski definition) is 0. The van der Waals surface area contributed by atoms with Gasteiger partial charge in [0.1, 0.15) is 0 Å². The third kappa shape index (κ3) is 6.19. The van der Waals surface area contributed by atoms with Crippen LogP contribution in [0.4, 0.5) is 0 Å². The van der Waals surface area contributed by atoms with Crippen LogP contribution in [0.5, 0.6) is 0 Å². The molecule has 0 radical (unpaired) electrons. The zero-order valence-corrected chi connectivity index (χ0v) is 7.50. The van der Waals surface area contributed by atoms with Gasteiger partial charge in [-0.3, -0.25) is 0 Å². The summed E-state index contributed by atoms with van der Waals surface area (Å²) in [5.74, 6) is 1.30. The third-order valence-electron chi connectivity index (χ3n) is 1.43. The molecule has 0 spiro atoms. The van der Waals surface area contributed by atoms with Crippen molar-refractivity contribution in [3.8, 4) is 0 Å². The SMILES string of the molecule is CCN(C)CCCSC. The highest BCUT2D eigenvalue weighted by Gasteiger charge is 1.91. The molecule has 0 saturated heterocycles. The molecule has 0 amide bonds. The van der Waals surface area contributed by atoms with Crippen molar-refractivity contribution in [2.75, 3.05) is 32.1 Å². The molecule has 0 N–H and O–H groups in total. The minimum Gasteiger partial charge on any atom is -0.307 e. The van der Waals surface area contributed by atoms with Gasteiger partial charge in [0, 0.05) is 0 Å². The molecule has 0 atom stereocenters. The van der Waals surface area contributed by atoms with Crippen LogP contribution in [-0.2, 0) is 0 Å². The zero-order valence-electron chi connectivity index (χ0n) is 6.68. The van der Waals surface area contributed by atoms with E-state index in [1.54, 1.807) is 0 Å². The lowest BCUT2D eigenvalue weighted by atomic mass is 10.4. The molecule has 0 fully saturated rings. The van der Waals surface area contributed by atoms with Crippen molar-refractivity contribution in [3.63, 3.8) is 0 Å². The highest BCUT2D eigenvalue weighted by atomic mass is 32.2. The summed E-state index contributed by atoms with van der Waals surface area (Å²) in [5, 5.41) is 0. The van der Waals surface area contributed by atoms with Crippen molar-refractivity contribution in [1.29, 1.82) is 0 Å². The first-order valence-corrected chi connectivity index (χ1v) is 4.88. The van der Waals surface area contributed by atoms with E-state index >= 15 is 0 Å². The Hall–Kier alpha value is 0.310. The predicted molar refractivity (Wildman–Crippen MR) is 46.2 cm³/mol. The van der Waals surface area contributed by atoms with Gasteiger partial charge in [-0.25, -0.2) is 0 Å². The normalized spacial score (nSPS) is 10.7. The van der Waals surface area contributed by atoms with E-state index in [2.05, 4.69) is 25.1 Å². The van der Waals surface area contributed by atoms with Gasteiger partial charge in [0.25, 0.3) is 0 Å². The fraction of sp³-hybridized carbons (Fsp3) is 1.00. The largest absolute Gasteiger partial charge is 0.307 e. The number of nitrogens with zero attached hydrogens (tertiary/aromatic N) is 1. The van der Waals surface area contributed by atoms with Gasteiger partial charge in [0.15, 0.2) is 0 Å². The second-order valence-corrected chi connectivity index (χ2v) is 3.23. The lowest BCUT2D eigenvalue weighted by molar-refractivity contribution is 0.355. The van der Waals surface area contributed by atoms with Crippen LogP contribution >= 0.6 is 11.8 Å². The zero-order chi connectivity index (χ0) is 7.11. The highest BCUT2D eigenvalue weighted by Crippen LogP contribution is 1.95. The molecule has 0 aliphatic carbocycles. The Labute approximate surface area is 62.8 Å². The Balaban J connectivity index is 2.88. The quantitative estimate of drug-likeness (QED) is 0.544. The first-order chi connectivity index (χ1) is 4.31. The maximum atomic E-state index is 2.34. The summed E-state index contributed by atoms with van der Waals surface area (Å²) in [6.45, 7) is 4.62. The summed E-state index contributed by atoms with van der Waals surface area (Å²) < 4.78 is 0. The van der Waals surface area contributed by atoms with E-state index in [1.807, 2.05) is 11.8 Å². The maximum Gasteiger partial charge on any atom is -0.00140 e. The van der Waals surface area contributed by atoms with E-state index in [-0.39, 0.29) is 0 Å². The molecule has 0 saturated carbocycles. The van der Waals surface area contributed by atoms with Crippen LogP contribution in [0.3, 0.4) is 0 Å². The van der Waals surface area contributed by atoms with Crippen LogP contribution in [0.2, 0.25) is 0 Å². The summed E-state index contributed by atoms with van der Waals surface area (Å²) in [6, 6.07) is 0. The molecule has 0 heterocycles. The van der Waals surface area contributed by atoms with E-state index in [9.17, 15) is 0 Å². The summed E-state index contributed by atoms with van der Waals surface area (Å²) in [5.41, 5.74) is 0. The van der Waals surface area contributed by atoms with Crippen LogP contribution in [0.25, 0.3) is 0 Å². The van der Waals surface area contributed by atoms with E-state index in [0.29, 0.717) is 0 Å². The van der Waals surface area contributed by atoms with Gasteiger partial charge in [-0.15, -0.1) is 0 Å². The molecule has 0 bridgehead atoms. The molecule has 0 aromatic rings. The fourth-order valence-corrected chi connectivity index (χ4v) is 1.05. The van der Waals surface area contributed by atoms with Crippen molar-refractivity contribution in [1.82, 2.24) is 4.90 Å². The standard InChI is InChI=1S/C7H17NS/c1-4-8(2)6-5-7-9-3/h4-7H2,1-3H3. The fourth-order valence-electron chi connectivity index (χ4n) is 0.637. The Morgan fingerprint density at radius 1 is 1.44 bits per heavy atom. The van der Waals surface area contributed by atoms with E-state index in [1.165, 1.54) is 25.3 Å².